The number of nitrogens with one attached hydrogen (secondary N) is 1. The number of hydrogen-bond donors (Lipinski definition) is 1. The number of benzene rings is 1. The molecule has 1 unspecified atom stereocenters. The van der Waals surface area contributed by atoms with Gasteiger partial charge in [0.05, 0.1) is 6.61 Å². The van der Waals surface area contributed by atoms with E-state index < -0.39 is 0 Å². The third kappa shape index (κ3) is 7.24. The van der Waals surface area contributed by atoms with E-state index in [1.807, 2.05) is 32.0 Å². The summed E-state index contributed by atoms with van der Waals surface area (Å²) in [4.78, 5) is 20.1. The van der Waals surface area contributed by atoms with Gasteiger partial charge in [-0.05, 0) is 12.5 Å². The van der Waals surface area contributed by atoms with E-state index >= 15 is 0 Å². The molecule has 0 bridgehead atoms. The lowest BCUT2D eigenvalue weighted by Crippen LogP contribution is -2.13. The van der Waals surface area contributed by atoms with Crippen LogP contribution in [0, 0.1) is 0 Å². The Morgan fingerprint density at radius 3 is 2.32 bits per heavy atom. The van der Waals surface area contributed by atoms with Crippen molar-refractivity contribution in [3.63, 3.8) is 0 Å². The molecule has 1 atom stereocenters. The second kappa shape index (κ2) is 11.3. The van der Waals surface area contributed by atoms with E-state index in [0.717, 1.165) is 6.54 Å². The van der Waals surface area contributed by atoms with E-state index in [1.54, 1.807) is 6.92 Å². The average molecular weight is 265 g/mol. The molecule has 1 amide bonds. The SMILES string of the molecule is CC.CCOC=O.O=C1CC(c2ccccc2)CN1. The van der Waals surface area contributed by atoms with E-state index in [0.29, 0.717) is 25.4 Å². The van der Waals surface area contributed by atoms with E-state index in [-0.39, 0.29) is 5.91 Å². The minimum Gasteiger partial charge on any atom is -0.468 e. The van der Waals surface area contributed by atoms with Crippen LogP contribution in [0.5, 0.6) is 0 Å². The minimum absolute atomic E-state index is 0.170. The van der Waals surface area contributed by atoms with Crippen molar-refractivity contribution >= 4 is 12.4 Å². The Kier molecular flexibility index (Phi) is 10.2. The minimum atomic E-state index is 0.170. The van der Waals surface area contributed by atoms with E-state index in [2.05, 4.69) is 22.2 Å². The predicted molar refractivity (Wildman–Crippen MR) is 75.8 cm³/mol. The van der Waals surface area contributed by atoms with Gasteiger partial charge in [-0.3, -0.25) is 9.59 Å². The molecular formula is C15H23NO3. The van der Waals surface area contributed by atoms with Crippen LogP contribution in [0.3, 0.4) is 0 Å². The maximum absolute atomic E-state index is 10.9. The maximum Gasteiger partial charge on any atom is 0.293 e. The van der Waals surface area contributed by atoms with Crippen LogP contribution < -0.4 is 5.32 Å². The highest BCUT2D eigenvalue weighted by Gasteiger charge is 2.22. The van der Waals surface area contributed by atoms with Gasteiger partial charge in [-0.2, -0.15) is 0 Å². The lowest BCUT2D eigenvalue weighted by atomic mass is 9.99. The van der Waals surface area contributed by atoms with Crippen LogP contribution in [0.15, 0.2) is 30.3 Å². The zero-order chi connectivity index (χ0) is 14.5. The Balaban J connectivity index is 0.000000396. The third-order valence-electron chi connectivity index (χ3n) is 2.48. The monoisotopic (exact) mass is 265 g/mol. The predicted octanol–water partition coefficient (Wildman–Crippen LogP) is 2.50. The van der Waals surface area contributed by atoms with Crippen molar-refractivity contribution in [1.82, 2.24) is 5.32 Å². The summed E-state index contributed by atoms with van der Waals surface area (Å²) in [6.45, 7) is 7.46. The Bertz CT molecular complexity index is 352. The summed E-state index contributed by atoms with van der Waals surface area (Å²) in [5, 5.41) is 2.83. The summed E-state index contributed by atoms with van der Waals surface area (Å²) in [7, 11) is 0. The standard InChI is InChI=1S/C10H11NO.C3H6O2.C2H6/c12-10-6-9(7-11-10)8-4-2-1-3-5-8;1-2-5-3-4;1-2/h1-5,9H,6-7H2,(H,11,12);3H,2H2,1H3;1-2H3. The van der Waals surface area contributed by atoms with Gasteiger partial charge in [-0.15, -0.1) is 0 Å². The second-order valence-corrected chi connectivity index (χ2v) is 3.67. The highest BCUT2D eigenvalue weighted by molar-refractivity contribution is 5.79. The molecule has 1 fully saturated rings. The van der Waals surface area contributed by atoms with Crippen molar-refractivity contribution in [3.05, 3.63) is 35.9 Å². The Labute approximate surface area is 115 Å². The average Bonchev–Trinajstić information content (AvgIpc) is 2.90. The highest BCUT2D eigenvalue weighted by Crippen LogP contribution is 2.21. The first-order chi connectivity index (χ1) is 9.27. The zero-order valence-electron chi connectivity index (χ0n) is 11.9. The van der Waals surface area contributed by atoms with E-state index in [4.69, 9.17) is 0 Å². The van der Waals surface area contributed by atoms with Crippen LogP contribution in [0.4, 0.5) is 0 Å². The molecule has 0 spiro atoms. The summed E-state index contributed by atoms with van der Waals surface area (Å²) < 4.78 is 4.15. The molecular weight excluding hydrogens is 242 g/mol. The van der Waals surface area contributed by atoms with Crippen molar-refractivity contribution in [2.24, 2.45) is 0 Å². The van der Waals surface area contributed by atoms with Crippen LogP contribution in [0.1, 0.15) is 38.7 Å². The van der Waals surface area contributed by atoms with Crippen molar-refractivity contribution in [1.29, 1.82) is 0 Å². The molecule has 0 saturated carbocycles. The molecule has 1 saturated heterocycles. The molecule has 19 heavy (non-hydrogen) atoms. The van der Waals surface area contributed by atoms with Crippen LogP contribution in [-0.4, -0.2) is 25.5 Å². The van der Waals surface area contributed by atoms with Gasteiger partial charge >= 0.3 is 0 Å². The van der Waals surface area contributed by atoms with E-state index in [1.165, 1.54) is 5.56 Å². The molecule has 0 aliphatic carbocycles. The van der Waals surface area contributed by atoms with Gasteiger partial charge in [0.2, 0.25) is 5.91 Å². The van der Waals surface area contributed by atoms with Gasteiger partial charge in [-0.25, -0.2) is 0 Å². The van der Waals surface area contributed by atoms with Gasteiger partial charge in [0.1, 0.15) is 0 Å². The van der Waals surface area contributed by atoms with Crippen LogP contribution in [0.25, 0.3) is 0 Å². The summed E-state index contributed by atoms with van der Waals surface area (Å²) in [6, 6.07) is 10.2. The molecule has 1 N–H and O–H groups in total. The van der Waals surface area contributed by atoms with Gasteiger partial charge in [0, 0.05) is 18.9 Å². The van der Waals surface area contributed by atoms with Gasteiger partial charge in [-0.1, -0.05) is 44.2 Å². The number of carbonyl (C=O) groups is 2. The normalized spacial score (nSPS) is 16.2. The van der Waals surface area contributed by atoms with Crippen LogP contribution in [-0.2, 0) is 14.3 Å². The molecule has 1 heterocycles. The number of ether oxygens (including phenoxy) is 1. The summed E-state index contributed by atoms with van der Waals surface area (Å²) in [6.07, 6.45) is 0.643. The highest BCUT2D eigenvalue weighted by atomic mass is 16.5. The van der Waals surface area contributed by atoms with Crippen molar-refractivity contribution < 1.29 is 14.3 Å². The van der Waals surface area contributed by atoms with Gasteiger partial charge < -0.3 is 10.1 Å². The number of carbonyl (C=O) groups excluding carboxylic acids is 2. The molecule has 106 valence electrons. The smallest absolute Gasteiger partial charge is 0.293 e. The van der Waals surface area contributed by atoms with Gasteiger partial charge in [0.15, 0.2) is 0 Å². The lowest BCUT2D eigenvalue weighted by Gasteiger charge is -2.05. The van der Waals surface area contributed by atoms with Crippen LogP contribution in [0.2, 0.25) is 0 Å². The largest absolute Gasteiger partial charge is 0.468 e. The molecule has 1 aromatic rings. The van der Waals surface area contributed by atoms with Crippen molar-refractivity contribution in [2.45, 2.75) is 33.1 Å². The first-order valence-electron chi connectivity index (χ1n) is 6.64. The summed E-state index contributed by atoms with van der Waals surface area (Å²) >= 11 is 0. The number of hydrogen-bond acceptors (Lipinski definition) is 3. The molecule has 0 radical (unpaired) electrons. The molecule has 1 aromatic carbocycles. The Morgan fingerprint density at radius 1 is 1.32 bits per heavy atom. The number of amides is 1. The fourth-order valence-electron chi connectivity index (χ4n) is 1.63. The lowest BCUT2D eigenvalue weighted by molar-refractivity contribution is -0.128. The quantitative estimate of drug-likeness (QED) is 0.854. The first-order valence-corrected chi connectivity index (χ1v) is 6.64. The van der Waals surface area contributed by atoms with E-state index in [9.17, 15) is 9.59 Å². The molecule has 0 aromatic heterocycles. The fraction of sp³-hybridized carbons (Fsp3) is 0.467. The Hall–Kier alpha value is -1.84. The third-order valence-corrected chi connectivity index (χ3v) is 2.48. The fourth-order valence-corrected chi connectivity index (χ4v) is 1.63. The topological polar surface area (TPSA) is 55.4 Å². The van der Waals surface area contributed by atoms with Crippen molar-refractivity contribution in [3.8, 4) is 0 Å². The zero-order valence-corrected chi connectivity index (χ0v) is 11.9. The maximum atomic E-state index is 10.9. The molecule has 2 rings (SSSR count). The second-order valence-electron chi connectivity index (χ2n) is 3.67. The molecule has 1 aliphatic rings. The molecule has 1 aliphatic heterocycles. The van der Waals surface area contributed by atoms with Crippen molar-refractivity contribution in [2.75, 3.05) is 13.2 Å². The summed E-state index contributed by atoms with van der Waals surface area (Å²) in [5.41, 5.74) is 1.26. The van der Waals surface area contributed by atoms with Crippen LogP contribution >= 0.6 is 0 Å². The first kappa shape index (κ1) is 17.2. The molecule has 4 nitrogen and oxygen atoms in total. The van der Waals surface area contributed by atoms with Gasteiger partial charge in [0.25, 0.3) is 6.47 Å². The summed E-state index contributed by atoms with van der Waals surface area (Å²) in [5.74, 6) is 0.558. The Morgan fingerprint density at radius 2 is 1.95 bits per heavy atom. The number of rotatable bonds is 3. The molecule has 4 heteroatoms.